The maximum Gasteiger partial charge on any atom is 0.285 e. The second kappa shape index (κ2) is 8.00. The number of sulfonamides is 1. The second-order valence-electron chi connectivity index (χ2n) is 6.10. The molecule has 144 valence electrons. The maximum absolute atomic E-state index is 12.4. The van der Waals surface area contributed by atoms with E-state index in [0.717, 1.165) is 11.1 Å². The van der Waals surface area contributed by atoms with Gasteiger partial charge in [0.2, 0.25) is 0 Å². The van der Waals surface area contributed by atoms with Crippen molar-refractivity contribution >= 4 is 33.6 Å². The Morgan fingerprint density at radius 1 is 1.25 bits per heavy atom. The number of hydrogen-bond donors (Lipinski definition) is 1. The summed E-state index contributed by atoms with van der Waals surface area (Å²) in [5.41, 5.74) is 1.76. The van der Waals surface area contributed by atoms with E-state index in [1.165, 1.54) is 18.3 Å². The van der Waals surface area contributed by atoms with Crippen LogP contribution in [0.2, 0.25) is 5.02 Å². The summed E-state index contributed by atoms with van der Waals surface area (Å²) in [5.74, 6) is -0.232. The largest absolute Gasteiger partial charge is 0.330 e. The quantitative estimate of drug-likeness (QED) is 0.666. The lowest BCUT2D eigenvalue weighted by atomic mass is 10.1. The molecule has 0 radical (unpaired) electrons. The summed E-state index contributed by atoms with van der Waals surface area (Å²) >= 11 is 6.29. The van der Waals surface area contributed by atoms with Crippen molar-refractivity contribution in [2.45, 2.75) is 18.4 Å². The first kappa shape index (κ1) is 19.9. The predicted molar refractivity (Wildman–Crippen MR) is 109 cm³/mol. The molecular weight excluding hydrogens is 398 g/mol. The van der Waals surface area contributed by atoms with Crippen molar-refractivity contribution in [2.24, 2.45) is 0 Å². The highest BCUT2D eigenvalue weighted by Gasteiger charge is 2.21. The Morgan fingerprint density at radius 2 is 1.96 bits per heavy atom. The molecule has 0 aliphatic rings. The van der Waals surface area contributed by atoms with Gasteiger partial charge in [-0.2, -0.15) is 0 Å². The van der Waals surface area contributed by atoms with Crippen LogP contribution in [-0.4, -0.2) is 23.9 Å². The van der Waals surface area contributed by atoms with E-state index >= 15 is 0 Å². The molecule has 0 saturated heterocycles. The van der Waals surface area contributed by atoms with Gasteiger partial charge in [-0.3, -0.25) is 4.79 Å². The highest BCUT2D eigenvalue weighted by molar-refractivity contribution is 7.90. The minimum Gasteiger partial charge on any atom is -0.330 e. The summed E-state index contributed by atoms with van der Waals surface area (Å²) in [6.07, 6.45) is 3.21. The lowest BCUT2D eigenvalue weighted by Gasteiger charge is -2.08. The first-order valence-corrected chi connectivity index (χ1v) is 10.2. The zero-order chi connectivity index (χ0) is 20.3. The fraction of sp³-hybridized carbons (Fsp3) is 0.100. The van der Waals surface area contributed by atoms with Crippen LogP contribution in [0.25, 0.3) is 6.08 Å². The van der Waals surface area contributed by atoms with E-state index < -0.39 is 15.9 Å². The van der Waals surface area contributed by atoms with E-state index in [4.69, 9.17) is 11.6 Å². The van der Waals surface area contributed by atoms with Gasteiger partial charge < -0.3 is 4.57 Å². The Labute approximate surface area is 168 Å². The van der Waals surface area contributed by atoms with Gasteiger partial charge in [0.25, 0.3) is 15.9 Å². The maximum atomic E-state index is 12.4. The lowest BCUT2D eigenvalue weighted by Crippen LogP contribution is -2.30. The second-order valence-corrected chi connectivity index (χ2v) is 8.19. The highest BCUT2D eigenvalue weighted by Crippen LogP contribution is 2.20. The number of rotatable bonds is 6. The van der Waals surface area contributed by atoms with Crippen molar-refractivity contribution < 1.29 is 13.2 Å². The molecule has 1 aromatic heterocycles. The number of hydrogen-bond acceptors (Lipinski definition) is 4. The van der Waals surface area contributed by atoms with E-state index in [9.17, 15) is 13.2 Å². The monoisotopic (exact) mass is 415 g/mol. The molecule has 1 amide bonds. The lowest BCUT2D eigenvalue weighted by molar-refractivity contribution is 0.0977. The molecule has 0 aliphatic heterocycles. The average Bonchev–Trinajstić information content (AvgIpc) is 3.04. The molecule has 3 rings (SSSR count). The minimum atomic E-state index is -3.96. The third-order valence-corrected chi connectivity index (χ3v) is 5.84. The molecule has 0 spiro atoms. The number of halogens is 1. The van der Waals surface area contributed by atoms with Crippen LogP contribution in [0.15, 0.2) is 66.2 Å². The first-order chi connectivity index (χ1) is 13.3. The van der Waals surface area contributed by atoms with E-state index in [0.29, 0.717) is 17.4 Å². The third-order valence-electron chi connectivity index (χ3n) is 4.14. The number of benzene rings is 2. The smallest absolute Gasteiger partial charge is 0.285 e. The summed E-state index contributed by atoms with van der Waals surface area (Å²) in [4.78, 5) is 16.6. The van der Waals surface area contributed by atoms with Crippen molar-refractivity contribution in [3.63, 3.8) is 0 Å². The number of aromatic nitrogens is 2. The molecule has 0 bridgehead atoms. The first-order valence-electron chi connectivity index (χ1n) is 8.37. The number of amides is 1. The minimum absolute atomic E-state index is 0.00796. The van der Waals surface area contributed by atoms with Gasteiger partial charge in [-0.25, -0.2) is 18.1 Å². The average molecular weight is 416 g/mol. The van der Waals surface area contributed by atoms with Crippen LogP contribution in [0, 0.1) is 6.92 Å². The molecule has 1 heterocycles. The van der Waals surface area contributed by atoms with E-state index in [1.54, 1.807) is 41.8 Å². The van der Waals surface area contributed by atoms with Crippen LogP contribution in [0.5, 0.6) is 0 Å². The van der Waals surface area contributed by atoms with Gasteiger partial charge in [0, 0.05) is 11.2 Å². The van der Waals surface area contributed by atoms with Crippen LogP contribution in [-0.2, 0) is 16.6 Å². The molecule has 28 heavy (non-hydrogen) atoms. The van der Waals surface area contributed by atoms with Crippen molar-refractivity contribution in [2.75, 3.05) is 0 Å². The summed E-state index contributed by atoms with van der Waals surface area (Å²) in [6.45, 7) is 5.83. The Balaban J connectivity index is 1.80. The van der Waals surface area contributed by atoms with E-state index in [1.807, 2.05) is 16.9 Å². The third kappa shape index (κ3) is 4.32. The molecule has 0 saturated carbocycles. The Hall–Kier alpha value is -2.90. The van der Waals surface area contributed by atoms with Gasteiger partial charge in [-0.1, -0.05) is 54.6 Å². The topological polar surface area (TPSA) is 81.1 Å². The van der Waals surface area contributed by atoms with Crippen molar-refractivity contribution in [3.8, 4) is 0 Å². The molecule has 2 aromatic carbocycles. The van der Waals surface area contributed by atoms with Crippen LogP contribution in [0.1, 0.15) is 27.4 Å². The van der Waals surface area contributed by atoms with E-state index in [-0.39, 0.29) is 10.6 Å². The van der Waals surface area contributed by atoms with Gasteiger partial charge >= 0.3 is 0 Å². The van der Waals surface area contributed by atoms with Crippen LogP contribution in [0.3, 0.4) is 0 Å². The molecule has 3 aromatic rings. The zero-order valence-corrected chi connectivity index (χ0v) is 16.7. The number of nitrogens with one attached hydrogen (secondary N) is 1. The summed E-state index contributed by atoms with van der Waals surface area (Å²) in [7, 11) is -3.96. The summed E-state index contributed by atoms with van der Waals surface area (Å²) in [6, 6.07) is 13.2. The van der Waals surface area contributed by atoms with Gasteiger partial charge in [-0.15, -0.1) is 0 Å². The van der Waals surface area contributed by atoms with E-state index in [2.05, 4.69) is 11.6 Å². The normalized spacial score (nSPS) is 11.2. The van der Waals surface area contributed by atoms with Gasteiger partial charge in [0.1, 0.15) is 11.5 Å². The molecular formula is C20H18ClN3O3S. The van der Waals surface area contributed by atoms with Crippen LogP contribution < -0.4 is 4.72 Å². The Morgan fingerprint density at radius 3 is 2.61 bits per heavy atom. The van der Waals surface area contributed by atoms with Gasteiger partial charge in [0.15, 0.2) is 0 Å². The standard InChI is InChI=1S/C20H18ClN3O3S/c1-3-15-9-10-16(18(21)11-15)12-24-13-19(22-14(24)2)20(25)23-28(26,27)17-7-5-4-6-8-17/h3-11,13H,1,12H2,2H3,(H,23,25). The molecule has 6 nitrogen and oxygen atoms in total. The number of carbonyl (C=O) groups is 1. The van der Waals surface area contributed by atoms with Gasteiger partial charge in [-0.05, 0) is 36.2 Å². The van der Waals surface area contributed by atoms with Crippen LogP contribution in [0.4, 0.5) is 0 Å². The fourth-order valence-corrected chi connectivity index (χ4v) is 3.84. The van der Waals surface area contributed by atoms with Crippen molar-refractivity contribution in [1.82, 2.24) is 14.3 Å². The number of nitrogens with zero attached hydrogens (tertiary/aromatic N) is 2. The number of aryl methyl sites for hydroxylation is 1. The molecule has 0 aliphatic carbocycles. The molecule has 1 N–H and O–H groups in total. The number of imidazole rings is 1. The fourth-order valence-electron chi connectivity index (χ4n) is 2.61. The SMILES string of the molecule is C=Cc1ccc(Cn2cc(C(=O)NS(=O)(=O)c3ccccc3)nc2C)c(Cl)c1. The van der Waals surface area contributed by atoms with Crippen LogP contribution >= 0.6 is 11.6 Å². The molecule has 8 heteroatoms. The van der Waals surface area contributed by atoms with Crippen molar-refractivity contribution in [1.29, 1.82) is 0 Å². The molecule has 0 atom stereocenters. The highest BCUT2D eigenvalue weighted by atomic mass is 35.5. The van der Waals surface area contributed by atoms with Crippen molar-refractivity contribution in [3.05, 3.63) is 89.0 Å². The molecule has 0 fully saturated rings. The molecule has 0 unspecified atom stereocenters. The zero-order valence-electron chi connectivity index (χ0n) is 15.1. The van der Waals surface area contributed by atoms with Gasteiger partial charge in [0.05, 0.1) is 11.4 Å². The Bertz CT molecular complexity index is 1140. The summed E-state index contributed by atoms with van der Waals surface area (Å²) < 4.78 is 28.4. The Kier molecular flexibility index (Phi) is 5.67. The predicted octanol–water partition coefficient (Wildman–Crippen LogP) is 3.65. The number of carbonyl (C=O) groups excluding carboxylic acids is 1. The summed E-state index contributed by atoms with van der Waals surface area (Å²) in [5, 5.41) is 0.572.